The van der Waals surface area contributed by atoms with Gasteiger partial charge in [-0.2, -0.15) is 0 Å². The zero-order chi connectivity index (χ0) is 11.3. The molecular weight excluding hydrogens is 196 g/mol. The largest absolute Gasteiger partial charge is 0.489 e. The first-order valence-corrected chi connectivity index (χ1v) is 5.13. The van der Waals surface area contributed by atoms with Crippen LogP contribution in [0.5, 0.6) is 0 Å². The van der Waals surface area contributed by atoms with Gasteiger partial charge in [-0.05, 0) is 12.5 Å². The summed E-state index contributed by atoms with van der Waals surface area (Å²) in [7, 11) is 1.31. The molecule has 15 heavy (non-hydrogen) atoms. The van der Waals surface area contributed by atoms with Crippen molar-refractivity contribution in [3.05, 3.63) is 12.3 Å². The molecule has 0 aromatic heterocycles. The van der Waals surface area contributed by atoms with Crippen LogP contribution in [0.2, 0.25) is 0 Å². The van der Waals surface area contributed by atoms with Crippen LogP contribution < -0.4 is 0 Å². The molecule has 0 spiro atoms. The molecule has 0 fully saturated rings. The van der Waals surface area contributed by atoms with Gasteiger partial charge in [0.2, 0.25) is 0 Å². The van der Waals surface area contributed by atoms with Gasteiger partial charge >= 0.3 is 5.97 Å². The van der Waals surface area contributed by atoms with Gasteiger partial charge in [0.1, 0.15) is 5.92 Å². The maximum Gasteiger partial charge on any atom is 0.316 e. The lowest BCUT2D eigenvalue weighted by Crippen LogP contribution is -2.32. The van der Waals surface area contributed by atoms with Crippen molar-refractivity contribution in [2.24, 2.45) is 5.92 Å². The molecule has 0 bridgehead atoms. The van der Waals surface area contributed by atoms with E-state index in [0.29, 0.717) is 6.42 Å². The fraction of sp³-hybridized carbons (Fsp3) is 0.636. The van der Waals surface area contributed by atoms with Gasteiger partial charge in [-0.25, -0.2) is 0 Å². The molecule has 0 amide bonds. The van der Waals surface area contributed by atoms with E-state index in [0.717, 1.165) is 12.8 Å². The van der Waals surface area contributed by atoms with Crippen molar-refractivity contribution in [3.8, 4) is 0 Å². The van der Waals surface area contributed by atoms with Crippen molar-refractivity contribution in [1.82, 2.24) is 0 Å². The molecular formula is C11H16O4. The summed E-state index contributed by atoms with van der Waals surface area (Å²) in [6.45, 7) is 2.01. The minimum atomic E-state index is -0.677. The van der Waals surface area contributed by atoms with Gasteiger partial charge in [-0.15, -0.1) is 0 Å². The van der Waals surface area contributed by atoms with Crippen molar-refractivity contribution in [3.63, 3.8) is 0 Å². The number of Topliss-reactive ketones (excluding diaryl/α,β-unsaturated/α-hetero) is 1. The molecule has 2 unspecified atom stereocenters. The first-order chi connectivity index (χ1) is 7.20. The number of rotatable bonds is 5. The van der Waals surface area contributed by atoms with Crippen LogP contribution in [0, 0.1) is 5.92 Å². The Balaban J connectivity index is 2.54. The fourth-order valence-corrected chi connectivity index (χ4v) is 1.51. The number of ether oxygens (including phenoxy) is 2. The van der Waals surface area contributed by atoms with Crippen molar-refractivity contribution >= 4 is 11.8 Å². The molecule has 0 aromatic carbocycles. The van der Waals surface area contributed by atoms with Gasteiger partial charge in [-0.1, -0.05) is 13.3 Å². The lowest BCUT2D eigenvalue weighted by atomic mass is 9.97. The molecule has 4 heteroatoms. The first kappa shape index (κ1) is 11.8. The van der Waals surface area contributed by atoms with Gasteiger partial charge in [0.25, 0.3) is 0 Å². The number of carbonyl (C=O) groups excluding carboxylic acids is 2. The summed E-state index contributed by atoms with van der Waals surface area (Å²) in [5.41, 5.74) is 0. The Morgan fingerprint density at radius 1 is 1.47 bits per heavy atom. The van der Waals surface area contributed by atoms with Crippen LogP contribution in [0.3, 0.4) is 0 Å². The molecule has 0 N–H and O–H groups in total. The molecule has 1 aliphatic heterocycles. The van der Waals surface area contributed by atoms with Gasteiger partial charge in [-0.3, -0.25) is 9.59 Å². The van der Waals surface area contributed by atoms with Crippen LogP contribution in [-0.2, 0) is 19.1 Å². The Labute approximate surface area is 89.2 Å². The molecule has 0 saturated carbocycles. The van der Waals surface area contributed by atoms with Crippen LogP contribution in [0.4, 0.5) is 0 Å². The highest BCUT2D eigenvalue weighted by Crippen LogP contribution is 2.21. The van der Waals surface area contributed by atoms with E-state index < -0.39 is 18.0 Å². The molecule has 2 atom stereocenters. The van der Waals surface area contributed by atoms with E-state index in [9.17, 15) is 9.59 Å². The summed E-state index contributed by atoms with van der Waals surface area (Å²) in [6, 6.07) is 0. The number of hydrogen-bond donors (Lipinski definition) is 0. The van der Waals surface area contributed by atoms with Gasteiger partial charge < -0.3 is 9.47 Å². The summed E-state index contributed by atoms with van der Waals surface area (Å²) in [6.07, 6.45) is 4.53. The van der Waals surface area contributed by atoms with Crippen molar-refractivity contribution in [2.45, 2.75) is 32.3 Å². The fourth-order valence-electron chi connectivity index (χ4n) is 1.51. The second-order valence-corrected chi connectivity index (χ2v) is 3.50. The van der Waals surface area contributed by atoms with E-state index in [1.807, 2.05) is 6.92 Å². The quantitative estimate of drug-likeness (QED) is 0.647. The number of methoxy groups -OCH3 is 1. The summed E-state index contributed by atoms with van der Waals surface area (Å²) >= 11 is 0. The standard InChI is InChI=1S/C11H16O4/c1-3-4-5-9(12)10-8(6-7-15-10)11(13)14-2/h6-8,10H,3-5H2,1-2H3. The Hall–Kier alpha value is -1.32. The lowest BCUT2D eigenvalue weighted by Gasteiger charge is -2.15. The molecule has 0 aromatic rings. The molecule has 1 aliphatic rings. The van der Waals surface area contributed by atoms with Crippen LogP contribution >= 0.6 is 0 Å². The summed E-state index contributed by atoms with van der Waals surface area (Å²) in [5, 5.41) is 0. The first-order valence-electron chi connectivity index (χ1n) is 5.13. The third-order valence-corrected chi connectivity index (χ3v) is 2.40. The monoisotopic (exact) mass is 212 g/mol. The molecule has 1 rings (SSSR count). The number of esters is 1. The van der Waals surface area contributed by atoms with Crippen LogP contribution in [0.15, 0.2) is 12.3 Å². The number of hydrogen-bond acceptors (Lipinski definition) is 4. The number of ketones is 1. The van der Waals surface area contributed by atoms with Crippen LogP contribution in [0.1, 0.15) is 26.2 Å². The molecule has 0 saturated heterocycles. The predicted octanol–water partition coefficient (Wildman–Crippen LogP) is 1.45. The maximum absolute atomic E-state index is 11.7. The lowest BCUT2D eigenvalue weighted by molar-refractivity contribution is -0.149. The van der Waals surface area contributed by atoms with Gasteiger partial charge in [0.15, 0.2) is 11.9 Å². The summed E-state index contributed by atoms with van der Waals surface area (Å²) in [4.78, 5) is 23.0. The van der Waals surface area contributed by atoms with Crippen molar-refractivity contribution < 1.29 is 19.1 Å². The van der Waals surface area contributed by atoms with E-state index in [4.69, 9.17) is 4.74 Å². The summed E-state index contributed by atoms with van der Waals surface area (Å²) in [5.74, 6) is -1.02. The molecule has 84 valence electrons. The van der Waals surface area contributed by atoms with Gasteiger partial charge in [0, 0.05) is 6.42 Å². The van der Waals surface area contributed by atoms with E-state index in [1.54, 1.807) is 6.08 Å². The summed E-state index contributed by atoms with van der Waals surface area (Å²) < 4.78 is 9.71. The Kier molecular flexibility index (Phi) is 4.34. The third kappa shape index (κ3) is 2.81. The number of unbranched alkanes of at least 4 members (excludes halogenated alkanes) is 1. The Morgan fingerprint density at radius 3 is 2.80 bits per heavy atom. The minimum absolute atomic E-state index is 0.0303. The van der Waals surface area contributed by atoms with Crippen LogP contribution in [0.25, 0.3) is 0 Å². The highest BCUT2D eigenvalue weighted by molar-refractivity contribution is 5.90. The average molecular weight is 212 g/mol. The second kappa shape index (κ2) is 5.53. The van der Waals surface area contributed by atoms with E-state index in [-0.39, 0.29) is 5.78 Å². The normalized spacial score (nSPS) is 23.6. The molecule has 1 heterocycles. The van der Waals surface area contributed by atoms with E-state index in [1.165, 1.54) is 13.4 Å². The zero-order valence-corrected chi connectivity index (χ0v) is 9.06. The molecule has 0 aliphatic carbocycles. The predicted molar refractivity (Wildman–Crippen MR) is 54.1 cm³/mol. The van der Waals surface area contributed by atoms with Gasteiger partial charge in [0.05, 0.1) is 13.4 Å². The Bertz CT molecular complexity index is 270. The number of carbonyl (C=O) groups is 2. The highest BCUT2D eigenvalue weighted by Gasteiger charge is 2.36. The third-order valence-electron chi connectivity index (χ3n) is 2.40. The average Bonchev–Trinajstić information content (AvgIpc) is 2.73. The molecule has 0 radical (unpaired) electrons. The van der Waals surface area contributed by atoms with E-state index in [2.05, 4.69) is 4.74 Å². The van der Waals surface area contributed by atoms with Crippen molar-refractivity contribution in [2.75, 3.05) is 7.11 Å². The van der Waals surface area contributed by atoms with Crippen LogP contribution in [-0.4, -0.2) is 25.0 Å². The minimum Gasteiger partial charge on any atom is -0.489 e. The highest BCUT2D eigenvalue weighted by atomic mass is 16.5. The Morgan fingerprint density at radius 2 is 2.20 bits per heavy atom. The topological polar surface area (TPSA) is 52.6 Å². The maximum atomic E-state index is 11.7. The van der Waals surface area contributed by atoms with Crippen molar-refractivity contribution in [1.29, 1.82) is 0 Å². The molecule has 4 nitrogen and oxygen atoms in total. The smallest absolute Gasteiger partial charge is 0.316 e. The van der Waals surface area contributed by atoms with E-state index >= 15 is 0 Å². The zero-order valence-electron chi connectivity index (χ0n) is 9.06. The second-order valence-electron chi connectivity index (χ2n) is 3.50. The SMILES string of the molecule is CCCCC(=O)C1OC=CC1C(=O)OC.